The van der Waals surface area contributed by atoms with Gasteiger partial charge in [0.25, 0.3) is 0 Å². The Labute approximate surface area is 199 Å². The van der Waals surface area contributed by atoms with Crippen molar-refractivity contribution in [1.82, 2.24) is 5.32 Å². The Hall–Kier alpha value is -2.95. The minimum absolute atomic E-state index is 0.00533. The lowest BCUT2D eigenvalue weighted by Crippen LogP contribution is -2.32. The topological polar surface area (TPSA) is 69.6 Å². The lowest BCUT2D eigenvalue weighted by molar-refractivity contribution is -0.117. The van der Waals surface area contributed by atoms with Crippen molar-refractivity contribution >= 4 is 5.91 Å². The number of carbonyl (C=O) groups excluding carboxylic acids is 1. The fourth-order valence-corrected chi connectivity index (χ4v) is 2.92. The second-order valence-corrected chi connectivity index (χ2v) is 8.01. The summed E-state index contributed by atoms with van der Waals surface area (Å²) in [6.45, 7) is 5.96. The van der Waals surface area contributed by atoms with Gasteiger partial charge in [-0.05, 0) is 33.1 Å². The Bertz CT molecular complexity index is 850. The summed E-state index contributed by atoms with van der Waals surface area (Å²) in [7, 11) is 0. The van der Waals surface area contributed by atoms with Crippen molar-refractivity contribution < 1.29 is 15.0 Å². The fourth-order valence-electron chi connectivity index (χ4n) is 2.92. The molecule has 4 heteroatoms. The van der Waals surface area contributed by atoms with E-state index in [1.54, 1.807) is 36.5 Å². The van der Waals surface area contributed by atoms with Gasteiger partial charge in [0, 0.05) is 12.1 Å². The number of carbonyl (C=O) groups is 1. The van der Waals surface area contributed by atoms with Crippen LogP contribution in [0.1, 0.15) is 46.5 Å². The van der Waals surface area contributed by atoms with Gasteiger partial charge in [0.15, 0.2) is 0 Å². The summed E-state index contributed by atoms with van der Waals surface area (Å²) in [6.07, 6.45) is 31.3. The van der Waals surface area contributed by atoms with Crippen molar-refractivity contribution in [2.45, 2.75) is 64.7 Å². The molecule has 1 heterocycles. The summed E-state index contributed by atoms with van der Waals surface area (Å²) in [5.41, 5.74) is 1.83. The van der Waals surface area contributed by atoms with Crippen LogP contribution in [0.2, 0.25) is 0 Å². The Balaban J connectivity index is 2.99. The molecule has 0 unspecified atom stereocenters. The summed E-state index contributed by atoms with van der Waals surface area (Å²) in [4.78, 5) is 12.4. The SMILES string of the molecule is CCC/C=C/C=C/C[C@@H]1CC=CC=C(C)C=CC=C[C@H](O)[C@H](O)C=C(C)C=CC=CC(=O)N1. The molecule has 1 rings (SSSR count). The monoisotopic (exact) mass is 449 g/mol. The molecule has 4 nitrogen and oxygen atoms in total. The van der Waals surface area contributed by atoms with Crippen LogP contribution >= 0.6 is 0 Å². The molecule has 178 valence electrons. The average molecular weight is 450 g/mol. The quantitative estimate of drug-likeness (QED) is 0.480. The molecule has 1 aliphatic heterocycles. The first-order chi connectivity index (χ1) is 15.9. The first kappa shape index (κ1) is 28.1. The van der Waals surface area contributed by atoms with Crippen LogP contribution in [0, 0.1) is 0 Å². The van der Waals surface area contributed by atoms with E-state index < -0.39 is 12.2 Å². The van der Waals surface area contributed by atoms with Crippen molar-refractivity contribution in [3.8, 4) is 0 Å². The van der Waals surface area contributed by atoms with Crippen LogP contribution in [0.25, 0.3) is 0 Å². The average Bonchev–Trinajstić information content (AvgIpc) is 2.78. The molecule has 0 radical (unpaired) electrons. The van der Waals surface area contributed by atoms with E-state index >= 15 is 0 Å². The van der Waals surface area contributed by atoms with E-state index in [0.717, 1.165) is 36.8 Å². The van der Waals surface area contributed by atoms with E-state index in [1.807, 2.05) is 44.2 Å². The molecule has 0 aliphatic carbocycles. The zero-order chi connectivity index (χ0) is 24.3. The third-order valence-electron chi connectivity index (χ3n) is 4.80. The number of aliphatic hydroxyl groups excluding tert-OH is 2. The van der Waals surface area contributed by atoms with Crippen LogP contribution in [0.3, 0.4) is 0 Å². The molecule has 0 aromatic heterocycles. The number of amides is 1. The molecule has 0 bridgehead atoms. The standard InChI is InChI=1S/C29H39NO3/c1-4-5-6-7-8-9-19-26-20-13-10-16-24(2)17-11-14-21-27(31)28(32)23-25(3)18-12-15-22-29(33)30-26/h6-18,21-23,26-28,31-32H,4-5,19-20H2,1-3H3,(H,30,33)/b7-6+,9-8+,13-10?,17-11?,18-12?,21-14?,22-15?,24-16?,25-23?/t26-,27+,28-/m1/s1. The predicted molar refractivity (Wildman–Crippen MR) is 140 cm³/mol. The highest BCUT2D eigenvalue weighted by Gasteiger charge is 2.09. The van der Waals surface area contributed by atoms with Gasteiger partial charge in [-0.2, -0.15) is 0 Å². The zero-order valence-electron chi connectivity index (χ0n) is 20.1. The Morgan fingerprint density at radius 1 is 0.939 bits per heavy atom. The van der Waals surface area contributed by atoms with Gasteiger partial charge in [0.05, 0.1) is 0 Å². The number of hydrogen-bond donors (Lipinski definition) is 3. The number of hydrogen-bond acceptors (Lipinski definition) is 3. The normalized spacial score (nSPS) is 23.7. The number of unbranched alkanes of at least 4 members (excludes halogenated alkanes) is 1. The van der Waals surface area contributed by atoms with E-state index in [2.05, 4.69) is 36.5 Å². The lowest BCUT2D eigenvalue weighted by atomic mass is 10.1. The predicted octanol–water partition coefficient (Wildman–Crippen LogP) is 5.57. The smallest absolute Gasteiger partial charge is 0.244 e. The molecule has 0 fully saturated rings. The van der Waals surface area contributed by atoms with E-state index in [4.69, 9.17) is 0 Å². The fraction of sp³-hybridized carbons (Fsp3) is 0.345. The van der Waals surface area contributed by atoms with Gasteiger partial charge >= 0.3 is 0 Å². The van der Waals surface area contributed by atoms with Crippen LogP contribution in [-0.4, -0.2) is 34.4 Å². The zero-order valence-corrected chi connectivity index (χ0v) is 20.1. The van der Waals surface area contributed by atoms with Crippen molar-refractivity contribution in [1.29, 1.82) is 0 Å². The number of aliphatic hydroxyl groups is 2. The minimum Gasteiger partial charge on any atom is -0.386 e. The molecule has 3 atom stereocenters. The van der Waals surface area contributed by atoms with Crippen molar-refractivity contribution in [3.05, 3.63) is 108 Å². The summed E-state index contributed by atoms with van der Waals surface area (Å²) in [5, 5.41) is 23.2. The molecular weight excluding hydrogens is 410 g/mol. The molecule has 1 amide bonds. The lowest BCUT2D eigenvalue weighted by Gasteiger charge is -2.14. The highest BCUT2D eigenvalue weighted by molar-refractivity contribution is 5.88. The molecule has 0 saturated heterocycles. The van der Waals surface area contributed by atoms with Crippen molar-refractivity contribution in [2.75, 3.05) is 0 Å². The van der Waals surface area contributed by atoms with Crippen LogP contribution < -0.4 is 5.32 Å². The van der Waals surface area contributed by atoms with Crippen molar-refractivity contribution in [2.24, 2.45) is 0 Å². The summed E-state index contributed by atoms with van der Waals surface area (Å²) < 4.78 is 0. The third kappa shape index (κ3) is 14.7. The first-order valence-corrected chi connectivity index (χ1v) is 11.6. The van der Waals surface area contributed by atoms with E-state index in [9.17, 15) is 15.0 Å². The van der Waals surface area contributed by atoms with Gasteiger partial charge in [0.2, 0.25) is 5.91 Å². The maximum atomic E-state index is 12.4. The number of rotatable bonds is 5. The van der Waals surface area contributed by atoms with E-state index in [1.165, 1.54) is 6.08 Å². The van der Waals surface area contributed by atoms with Gasteiger partial charge < -0.3 is 15.5 Å². The van der Waals surface area contributed by atoms with Crippen LogP contribution in [0.15, 0.2) is 108 Å². The summed E-state index contributed by atoms with van der Waals surface area (Å²) in [6, 6.07) is -0.00533. The van der Waals surface area contributed by atoms with Crippen molar-refractivity contribution in [3.63, 3.8) is 0 Å². The Morgan fingerprint density at radius 2 is 1.64 bits per heavy atom. The minimum atomic E-state index is -1.01. The molecule has 0 spiro atoms. The third-order valence-corrected chi connectivity index (χ3v) is 4.80. The van der Waals surface area contributed by atoms with Gasteiger partial charge in [-0.15, -0.1) is 0 Å². The van der Waals surface area contributed by atoms with Gasteiger partial charge in [-0.3, -0.25) is 4.79 Å². The summed E-state index contributed by atoms with van der Waals surface area (Å²) in [5.74, 6) is -0.153. The van der Waals surface area contributed by atoms with Gasteiger partial charge in [0.1, 0.15) is 12.2 Å². The van der Waals surface area contributed by atoms with Crippen LogP contribution in [-0.2, 0) is 4.79 Å². The largest absolute Gasteiger partial charge is 0.386 e. The molecule has 0 aromatic carbocycles. The molecule has 0 aromatic rings. The Kier molecular flexibility index (Phi) is 15.0. The Morgan fingerprint density at radius 3 is 2.42 bits per heavy atom. The molecule has 33 heavy (non-hydrogen) atoms. The van der Waals surface area contributed by atoms with Gasteiger partial charge in [-0.25, -0.2) is 0 Å². The molecule has 3 N–H and O–H groups in total. The molecule has 1 aliphatic rings. The first-order valence-electron chi connectivity index (χ1n) is 11.6. The number of allylic oxidation sites excluding steroid dienone is 13. The second kappa shape index (κ2) is 17.6. The maximum Gasteiger partial charge on any atom is 0.244 e. The molecular formula is C29H39NO3. The maximum absolute atomic E-state index is 12.4. The van der Waals surface area contributed by atoms with Crippen LogP contribution in [0.5, 0.6) is 0 Å². The highest BCUT2D eigenvalue weighted by atomic mass is 16.3. The van der Waals surface area contributed by atoms with Crippen LogP contribution in [0.4, 0.5) is 0 Å². The van der Waals surface area contributed by atoms with Gasteiger partial charge in [-0.1, -0.05) is 116 Å². The van der Waals surface area contributed by atoms with E-state index in [0.29, 0.717) is 0 Å². The molecule has 0 saturated carbocycles. The second-order valence-electron chi connectivity index (χ2n) is 8.01. The highest BCUT2D eigenvalue weighted by Crippen LogP contribution is 2.06. The number of nitrogens with one attached hydrogen (secondary N) is 1. The summed E-state index contributed by atoms with van der Waals surface area (Å²) >= 11 is 0. The van der Waals surface area contributed by atoms with E-state index in [-0.39, 0.29) is 11.9 Å².